The highest BCUT2D eigenvalue weighted by Gasteiger charge is 2.17. The summed E-state index contributed by atoms with van der Waals surface area (Å²) in [4.78, 5) is 2.20. The van der Waals surface area contributed by atoms with Gasteiger partial charge in [0.1, 0.15) is 5.82 Å². The first-order valence-corrected chi connectivity index (χ1v) is 7.60. The van der Waals surface area contributed by atoms with Crippen LogP contribution in [0.1, 0.15) is 23.7 Å². The van der Waals surface area contributed by atoms with Crippen molar-refractivity contribution >= 4 is 17.4 Å². The average molecular weight is 307 g/mol. The minimum Gasteiger partial charge on any atom is -0.355 e. The molecule has 2 rings (SSSR count). The highest BCUT2D eigenvalue weighted by Crippen LogP contribution is 2.25. The number of rotatable bonds is 6. The second-order valence-corrected chi connectivity index (χ2v) is 5.65. The fraction of sp³-hybridized carbons (Fsp3) is 0.438. The van der Waals surface area contributed by atoms with Crippen molar-refractivity contribution in [2.75, 3.05) is 18.5 Å². The Morgan fingerprint density at radius 3 is 2.71 bits per heavy atom. The van der Waals surface area contributed by atoms with E-state index in [0.717, 1.165) is 41.7 Å². The van der Waals surface area contributed by atoms with Gasteiger partial charge in [0.05, 0.1) is 5.69 Å². The standard InChI is InChI=1S/C16H23ClN4/c1-5-18-10-14-12(2)19-21(4)16(14)20(3)11-13-8-6-7-9-15(13)17/h6-9,18H,5,10-11H2,1-4H3. The molecular formula is C16H23ClN4. The molecule has 0 unspecified atom stereocenters. The van der Waals surface area contributed by atoms with E-state index in [4.69, 9.17) is 11.6 Å². The van der Waals surface area contributed by atoms with Crippen LogP contribution in [0.5, 0.6) is 0 Å². The number of aryl methyl sites for hydroxylation is 2. The lowest BCUT2D eigenvalue weighted by molar-refractivity contribution is 0.709. The highest BCUT2D eigenvalue weighted by molar-refractivity contribution is 6.31. The first kappa shape index (κ1) is 15.9. The summed E-state index contributed by atoms with van der Waals surface area (Å²) in [7, 11) is 4.07. The smallest absolute Gasteiger partial charge is 0.131 e. The molecule has 0 fully saturated rings. The third kappa shape index (κ3) is 3.57. The molecule has 21 heavy (non-hydrogen) atoms. The molecule has 0 aliphatic heterocycles. The van der Waals surface area contributed by atoms with E-state index in [1.165, 1.54) is 5.56 Å². The normalized spacial score (nSPS) is 10.9. The Labute approximate surface area is 131 Å². The van der Waals surface area contributed by atoms with Crippen molar-refractivity contribution in [3.05, 3.63) is 46.1 Å². The van der Waals surface area contributed by atoms with Gasteiger partial charge in [0.2, 0.25) is 0 Å². The maximum atomic E-state index is 6.26. The van der Waals surface area contributed by atoms with Crippen LogP contribution >= 0.6 is 11.6 Å². The summed E-state index contributed by atoms with van der Waals surface area (Å²) in [6.45, 7) is 6.70. The number of nitrogens with zero attached hydrogens (tertiary/aromatic N) is 3. The topological polar surface area (TPSA) is 33.1 Å². The fourth-order valence-corrected chi connectivity index (χ4v) is 2.78. The minimum absolute atomic E-state index is 0.762. The Hall–Kier alpha value is -1.52. The monoisotopic (exact) mass is 306 g/mol. The van der Waals surface area contributed by atoms with E-state index < -0.39 is 0 Å². The van der Waals surface area contributed by atoms with Crippen LogP contribution in [-0.2, 0) is 20.1 Å². The van der Waals surface area contributed by atoms with Gasteiger partial charge < -0.3 is 10.2 Å². The van der Waals surface area contributed by atoms with Crippen LogP contribution in [-0.4, -0.2) is 23.4 Å². The van der Waals surface area contributed by atoms with Crippen LogP contribution in [0.3, 0.4) is 0 Å². The van der Waals surface area contributed by atoms with E-state index in [1.54, 1.807) is 0 Å². The molecule has 1 aromatic carbocycles. The third-order valence-corrected chi connectivity index (χ3v) is 3.96. The lowest BCUT2D eigenvalue weighted by atomic mass is 10.2. The van der Waals surface area contributed by atoms with Crippen molar-refractivity contribution in [2.24, 2.45) is 7.05 Å². The van der Waals surface area contributed by atoms with Crippen LogP contribution in [0.4, 0.5) is 5.82 Å². The minimum atomic E-state index is 0.762. The SMILES string of the molecule is CCNCc1c(C)nn(C)c1N(C)Cc1ccccc1Cl. The van der Waals surface area contributed by atoms with Gasteiger partial charge in [-0.25, -0.2) is 0 Å². The first-order valence-electron chi connectivity index (χ1n) is 7.22. The van der Waals surface area contributed by atoms with Crippen LogP contribution < -0.4 is 10.2 Å². The average Bonchev–Trinajstić information content (AvgIpc) is 2.73. The van der Waals surface area contributed by atoms with Gasteiger partial charge >= 0.3 is 0 Å². The van der Waals surface area contributed by atoms with Crippen molar-refractivity contribution in [3.8, 4) is 0 Å². The molecule has 0 bridgehead atoms. The van der Waals surface area contributed by atoms with E-state index >= 15 is 0 Å². The van der Waals surface area contributed by atoms with Gasteiger partial charge in [0.15, 0.2) is 0 Å². The molecule has 0 aliphatic carbocycles. The number of nitrogens with one attached hydrogen (secondary N) is 1. The number of halogens is 1. The lowest BCUT2D eigenvalue weighted by Crippen LogP contribution is -2.22. The molecule has 114 valence electrons. The molecule has 0 atom stereocenters. The van der Waals surface area contributed by atoms with Gasteiger partial charge in [-0.2, -0.15) is 5.10 Å². The second-order valence-electron chi connectivity index (χ2n) is 5.24. The molecule has 0 saturated carbocycles. The van der Waals surface area contributed by atoms with Crippen LogP contribution in [0.25, 0.3) is 0 Å². The van der Waals surface area contributed by atoms with Gasteiger partial charge in [0, 0.05) is 37.8 Å². The highest BCUT2D eigenvalue weighted by atomic mass is 35.5. The Morgan fingerprint density at radius 2 is 2.05 bits per heavy atom. The zero-order chi connectivity index (χ0) is 15.4. The van der Waals surface area contributed by atoms with Crippen molar-refractivity contribution in [3.63, 3.8) is 0 Å². The molecular weight excluding hydrogens is 284 g/mol. The van der Waals surface area contributed by atoms with Crippen LogP contribution in [0, 0.1) is 6.92 Å². The van der Waals surface area contributed by atoms with Crippen molar-refractivity contribution in [1.29, 1.82) is 0 Å². The first-order chi connectivity index (χ1) is 10.0. The number of hydrogen-bond donors (Lipinski definition) is 1. The number of anilines is 1. The van der Waals surface area contributed by atoms with Gasteiger partial charge in [-0.1, -0.05) is 36.7 Å². The van der Waals surface area contributed by atoms with Crippen molar-refractivity contribution in [1.82, 2.24) is 15.1 Å². The van der Waals surface area contributed by atoms with Gasteiger partial charge in [-0.15, -0.1) is 0 Å². The summed E-state index contributed by atoms with van der Waals surface area (Å²) < 4.78 is 1.94. The molecule has 1 heterocycles. The second kappa shape index (κ2) is 6.96. The quantitative estimate of drug-likeness (QED) is 0.890. The van der Waals surface area contributed by atoms with E-state index in [1.807, 2.05) is 29.9 Å². The maximum absolute atomic E-state index is 6.26. The number of benzene rings is 1. The Kier molecular flexibility index (Phi) is 5.26. The predicted octanol–water partition coefficient (Wildman–Crippen LogP) is 3.13. The van der Waals surface area contributed by atoms with Gasteiger partial charge in [-0.3, -0.25) is 4.68 Å². The Bertz CT molecular complexity index is 606. The molecule has 1 aromatic heterocycles. The van der Waals surface area contributed by atoms with Crippen LogP contribution in [0.15, 0.2) is 24.3 Å². The van der Waals surface area contributed by atoms with E-state index in [0.29, 0.717) is 0 Å². The van der Waals surface area contributed by atoms with Crippen molar-refractivity contribution < 1.29 is 0 Å². The molecule has 0 aliphatic rings. The molecule has 5 heteroatoms. The number of aromatic nitrogens is 2. The summed E-state index contributed by atoms with van der Waals surface area (Å²) in [6.07, 6.45) is 0. The summed E-state index contributed by atoms with van der Waals surface area (Å²) >= 11 is 6.26. The zero-order valence-electron chi connectivity index (χ0n) is 13.2. The van der Waals surface area contributed by atoms with Crippen LogP contribution in [0.2, 0.25) is 5.02 Å². The Balaban J connectivity index is 2.26. The summed E-state index contributed by atoms with van der Waals surface area (Å²) in [5.41, 5.74) is 3.43. The molecule has 0 amide bonds. The summed E-state index contributed by atoms with van der Waals surface area (Å²) in [6, 6.07) is 7.96. The van der Waals surface area contributed by atoms with E-state index in [-0.39, 0.29) is 0 Å². The van der Waals surface area contributed by atoms with Crippen molar-refractivity contribution in [2.45, 2.75) is 26.9 Å². The fourth-order valence-electron chi connectivity index (χ4n) is 2.58. The lowest BCUT2D eigenvalue weighted by Gasteiger charge is -2.22. The van der Waals surface area contributed by atoms with Gasteiger partial charge in [0.25, 0.3) is 0 Å². The molecule has 2 aromatic rings. The molecule has 0 spiro atoms. The van der Waals surface area contributed by atoms with Gasteiger partial charge in [-0.05, 0) is 25.1 Å². The molecule has 1 N–H and O–H groups in total. The predicted molar refractivity (Wildman–Crippen MR) is 88.9 cm³/mol. The maximum Gasteiger partial charge on any atom is 0.131 e. The number of hydrogen-bond acceptors (Lipinski definition) is 3. The Morgan fingerprint density at radius 1 is 1.33 bits per heavy atom. The van der Waals surface area contributed by atoms with E-state index in [2.05, 4.69) is 42.3 Å². The summed E-state index contributed by atoms with van der Waals surface area (Å²) in [5.74, 6) is 1.13. The third-order valence-electron chi connectivity index (χ3n) is 3.59. The molecule has 0 saturated heterocycles. The molecule has 4 nitrogen and oxygen atoms in total. The molecule has 0 radical (unpaired) electrons. The largest absolute Gasteiger partial charge is 0.355 e. The zero-order valence-corrected chi connectivity index (χ0v) is 13.9. The van der Waals surface area contributed by atoms with E-state index in [9.17, 15) is 0 Å². The summed E-state index contributed by atoms with van der Waals surface area (Å²) in [5, 5.41) is 8.74.